The highest BCUT2D eigenvalue weighted by Gasteiger charge is 2.47. The van der Waals surface area contributed by atoms with Gasteiger partial charge in [-0.1, -0.05) is 35.9 Å². The number of anilines is 1. The van der Waals surface area contributed by atoms with Gasteiger partial charge >= 0.3 is 6.18 Å². The van der Waals surface area contributed by atoms with Gasteiger partial charge in [-0.15, -0.1) is 11.6 Å². The van der Waals surface area contributed by atoms with Gasteiger partial charge in [-0.3, -0.25) is 14.5 Å². The van der Waals surface area contributed by atoms with Crippen molar-refractivity contribution in [1.29, 1.82) is 0 Å². The first-order chi connectivity index (χ1) is 18.1. The highest BCUT2D eigenvalue weighted by molar-refractivity contribution is 7.87. The van der Waals surface area contributed by atoms with E-state index in [4.69, 9.17) is 23.2 Å². The number of alkyl halides is 6. The van der Waals surface area contributed by atoms with Crippen LogP contribution in [0, 0.1) is 0 Å². The minimum absolute atomic E-state index is 0.0309. The van der Waals surface area contributed by atoms with Crippen LogP contribution in [0.15, 0.2) is 48.5 Å². The van der Waals surface area contributed by atoms with Gasteiger partial charge in [0, 0.05) is 47.6 Å². The Bertz CT molecular complexity index is 1310. The van der Waals surface area contributed by atoms with Gasteiger partial charge in [-0.25, -0.2) is 13.5 Å². The maximum absolute atomic E-state index is 13.5. The molecule has 1 unspecified atom stereocenters. The molecule has 1 aliphatic rings. The predicted molar refractivity (Wildman–Crippen MR) is 135 cm³/mol. The van der Waals surface area contributed by atoms with Crippen molar-refractivity contribution in [3.8, 4) is 0 Å². The number of benzene rings is 2. The van der Waals surface area contributed by atoms with Crippen molar-refractivity contribution in [2.24, 2.45) is 0 Å². The van der Waals surface area contributed by atoms with Crippen LogP contribution in [0.3, 0.4) is 0 Å². The predicted octanol–water partition coefficient (Wildman–Crippen LogP) is 4.01. The van der Waals surface area contributed by atoms with Crippen LogP contribution >= 0.6 is 23.2 Å². The third kappa shape index (κ3) is 8.24. The largest absolute Gasteiger partial charge is 0.416 e. The van der Waals surface area contributed by atoms with Gasteiger partial charge in [0.2, 0.25) is 11.8 Å². The molecule has 2 amide bonds. The van der Waals surface area contributed by atoms with E-state index in [1.165, 1.54) is 24.3 Å². The monoisotopic (exact) mass is 616 g/mol. The molecule has 2 aromatic rings. The standard InChI is InChI=1S/C23H23Cl2F5N4O4S/c24-8-9-31-39(37,38)32-13-19(35)34(16-5-3-4-14(10-16)23(28,29)30)20(17-6-1-2-7-18(17)25)21(36)33-15-11-22(26,27)12-15/h1-7,10,15,20,31-32H,8-9,11-13H2,(H,33,36). The zero-order chi connectivity index (χ0) is 29.0. The normalized spacial score (nSPS) is 16.3. The van der Waals surface area contributed by atoms with Crippen LogP contribution in [-0.4, -0.2) is 51.2 Å². The molecule has 1 atom stereocenters. The fraction of sp³-hybridized carbons (Fsp3) is 0.391. The van der Waals surface area contributed by atoms with Gasteiger partial charge in [0.25, 0.3) is 16.1 Å². The van der Waals surface area contributed by atoms with E-state index in [2.05, 4.69) is 10.0 Å². The molecule has 0 heterocycles. The fourth-order valence-corrected chi connectivity index (χ4v) is 5.10. The molecule has 0 aliphatic heterocycles. The lowest BCUT2D eigenvalue weighted by Gasteiger charge is -2.38. The van der Waals surface area contributed by atoms with E-state index >= 15 is 0 Å². The summed E-state index contributed by atoms with van der Waals surface area (Å²) in [5.74, 6) is -5.22. The second kappa shape index (κ2) is 12.3. The average Bonchev–Trinajstić information content (AvgIpc) is 2.83. The summed E-state index contributed by atoms with van der Waals surface area (Å²) in [5, 5.41) is 2.34. The number of hydrogen-bond donors (Lipinski definition) is 3. The molecule has 2 aromatic carbocycles. The van der Waals surface area contributed by atoms with Gasteiger partial charge in [-0.05, 0) is 24.3 Å². The van der Waals surface area contributed by atoms with E-state index in [-0.39, 0.29) is 23.0 Å². The van der Waals surface area contributed by atoms with Gasteiger partial charge in [0.1, 0.15) is 6.04 Å². The molecule has 0 bridgehead atoms. The van der Waals surface area contributed by atoms with Crippen LogP contribution in [0.2, 0.25) is 5.02 Å². The SMILES string of the molecule is O=C(NC1CC(F)(F)C1)C(c1ccccc1Cl)N(C(=O)CNS(=O)(=O)NCCCl)c1cccc(C(F)(F)F)c1. The van der Waals surface area contributed by atoms with Crippen molar-refractivity contribution >= 4 is 50.9 Å². The number of amides is 2. The molecule has 214 valence electrons. The van der Waals surface area contributed by atoms with Gasteiger partial charge in [0.05, 0.1) is 12.1 Å². The second-order valence-electron chi connectivity index (χ2n) is 8.61. The van der Waals surface area contributed by atoms with Crippen LogP contribution in [0.4, 0.5) is 27.6 Å². The van der Waals surface area contributed by atoms with Crippen molar-refractivity contribution in [2.75, 3.05) is 23.9 Å². The highest BCUT2D eigenvalue weighted by atomic mass is 35.5. The van der Waals surface area contributed by atoms with E-state index in [1.807, 2.05) is 4.72 Å². The first kappa shape index (κ1) is 31.0. The van der Waals surface area contributed by atoms with E-state index in [1.54, 1.807) is 0 Å². The number of halogens is 7. The van der Waals surface area contributed by atoms with Crippen molar-refractivity contribution in [1.82, 2.24) is 14.8 Å². The number of nitrogens with one attached hydrogen (secondary N) is 3. The van der Waals surface area contributed by atoms with Crippen LogP contribution in [0.5, 0.6) is 0 Å². The Kier molecular flexibility index (Phi) is 9.81. The average molecular weight is 617 g/mol. The number of carbonyl (C=O) groups excluding carboxylic acids is 2. The molecular formula is C23H23Cl2F5N4O4S. The molecule has 1 aliphatic carbocycles. The van der Waals surface area contributed by atoms with Gasteiger partial charge in [-0.2, -0.15) is 26.3 Å². The lowest BCUT2D eigenvalue weighted by Crippen LogP contribution is -2.55. The molecule has 1 fully saturated rings. The second-order valence-corrected chi connectivity index (χ2v) is 11.0. The molecule has 0 aromatic heterocycles. The molecule has 0 saturated heterocycles. The van der Waals surface area contributed by atoms with Gasteiger partial charge in [0.15, 0.2) is 0 Å². The topological polar surface area (TPSA) is 108 Å². The number of hydrogen-bond acceptors (Lipinski definition) is 4. The van der Waals surface area contributed by atoms with E-state index in [0.29, 0.717) is 11.0 Å². The molecule has 3 rings (SSSR count). The third-order valence-corrected chi connectivity index (χ3v) is 7.30. The summed E-state index contributed by atoms with van der Waals surface area (Å²) in [6.07, 6.45) is -6.16. The molecule has 0 spiro atoms. The Balaban J connectivity index is 2.07. The Hall–Kier alpha value is -2.52. The summed E-state index contributed by atoms with van der Waals surface area (Å²) in [6.45, 7) is -1.16. The maximum Gasteiger partial charge on any atom is 0.416 e. The zero-order valence-electron chi connectivity index (χ0n) is 19.9. The molecule has 0 radical (unpaired) electrons. The van der Waals surface area contributed by atoms with Crippen molar-refractivity contribution in [2.45, 2.75) is 37.0 Å². The molecule has 39 heavy (non-hydrogen) atoms. The first-order valence-electron chi connectivity index (χ1n) is 11.4. The maximum atomic E-state index is 13.5. The summed E-state index contributed by atoms with van der Waals surface area (Å²) in [7, 11) is -4.25. The molecule has 16 heteroatoms. The quantitative estimate of drug-likeness (QED) is 0.262. The number of rotatable bonds is 11. The van der Waals surface area contributed by atoms with Crippen LogP contribution < -0.4 is 19.7 Å². The summed E-state index contributed by atoms with van der Waals surface area (Å²) in [5.41, 5.74) is -1.60. The Morgan fingerprint density at radius 3 is 2.33 bits per heavy atom. The lowest BCUT2D eigenvalue weighted by molar-refractivity contribution is -0.137. The highest BCUT2D eigenvalue weighted by Crippen LogP contribution is 2.39. The summed E-state index contributed by atoms with van der Waals surface area (Å²) < 4.78 is 95.7. The number of carbonyl (C=O) groups is 2. The third-order valence-electron chi connectivity index (χ3n) is 5.66. The Morgan fingerprint density at radius 1 is 1.08 bits per heavy atom. The van der Waals surface area contributed by atoms with Crippen molar-refractivity contribution in [3.05, 3.63) is 64.7 Å². The summed E-state index contributed by atoms with van der Waals surface area (Å²) >= 11 is 11.7. The summed E-state index contributed by atoms with van der Waals surface area (Å²) in [4.78, 5) is 27.6. The fourth-order valence-electron chi connectivity index (χ4n) is 3.87. The van der Waals surface area contributed by atoms with Crippen molar-refractivity contribution in [3.63, 3.8) is 0 Å². The summed E-state index contributed by atoms with van der Waals surface area (Å²) in [6, 6.07) is 6.40. The first-order valence-corrected chi connectivity index (χ1v) is 13.8. The number of nitrogens with zero attached hydrogens (tertiary/aromatic N) is 1. The molecule has 3 N–H and O–H groups in total. The van der Waals surface area contributed by atoms with E-state index < -0.39 is 76.8 Å². The molecular weight excluding hydrogens is 594 g/mol. The minimum Gasteiger partial charge on any atom is -0.351 e. The smallest absolute Gasteiger partial charge is 0.351 e. The Morgan fingerprint density at radius 2 is 1.74 bits per heavy atom. The van der Waals surface area contributed by atoms with E-state index in [0.717, 1.165) is 18.2 Å². The lowest BCUT2D eigenvalue weighted by atomic mass is 9.87. The van der Waals surface area contributed by atoms with Crippen LogP contribution in [-0.2, 0) is 26.0 Å². The van der Waals surface area contributed by atoms with E-state index in [9.17, 15) is 40.0 Å². The minimum atomic E-state index is -4.82. The molecule has 8 nitrogen and oxygen atoms in total. The zero-order valence-corrected chi connectivity index (χ0v) is 22.3. The van der Waals surface area contributed by atoms with Gasteiger partial charge < -0.3 is 5.32 Å². The molecule has 1 saturated carbocycles. The Labute approximate surface area is 231 Å². The van der Waals surface area contributed by atoms with Crippen LogP contribution in [0.1, 0.15) is 30.0 Å². The van der Waals surface area contributed by atoms with Crippen molar-refractivity contribution < 1.29 is 40.0 Å². The van der Waals surface area contributed by atoms with Crippen LogP contribution in [0.25, 0.3) is 0 Å².